The van der Waals surface area contributed by atoms with Gasteiger partial charge in [0.1, 0.15) is 0 Å². The highest BCUT2D eigenvalue weighted by molar-refractivity contribution is 5.87. The SMILES string of the molecule is Cc1ccccc1C(C)(C)C(=O)NCCCCCC(=O)O. The van der Waals surface area contributed by atoms with E-state index in [-0.39, 0.29) is 12.3 Å². The average Bonchev–Trinajstić information content (AvgIpc) is 2.42. The number of benzene rings is 1. The minimum Gasteiger partial charge on any atom is -0.481 e. The van der Waals surface area contributed by atoms with Gasteiger partial charge in [0.15, 0.2) is 0 Å². The number of carboxylic acid groups (broad SMARTS) is 1. The molecule has 0 unspecified atom stereocenters. The molecule has 1 amide bonds. The highest BCUT2D eigenvalue weighted by Crippen LogP contribution is 2.26. The van der Waals surface area contributed by atoms with Crippen molar-refractivity contribution in [2.24, 2.45) is 0 Å². The molecule has 4 heteroatoms. The van der Waals surface area contributed by atoms with E-state index in [1.807, 2.05) is 45.0 Å². The number of carboxylic acids is 1. The first-order valence-corrected chi connectivity index (χ1v) is 7.42. The molecule has 21 heavy (non-hydrogen) atoms. The molecule has 116 valence electrons. The van der Waals surface area contributed by atoms with Crippen LogP contribution in [0, 0.1) is 6.92 Å². The van der Waals surface area contributed by atoms with E-state index in [1.165, 1.54) is 0 Å². The van der Waals surface area contributed by atoms with Gasteiger partial charge in [-0.1, -0.05) is 30.7 Å². The van der Waals surface area contributed by atoms with Crippen molar-refractivity contribution < 1.29 is 14.7 Å². The van der Waals surface area contributed by atoms with E-state index < -0.39 is 11.4 Å². The Morgan fingerprint density at radius 2 is 1.81 bits per heavy atom. The maximum Gasteiger partial charge on any atom is 0.303 e. The van der Waals surface area contributed by atoms with Crippen LogP contribution < -0.4 is 5.32 Å². The summed E-state index contributed by atoms with van der Waals surface area (Å²) in [5.41, 5.74) is 1.58. The summed E-state index contributed by atoms with van der Waals surface area (Å²) in [6.07, 6.45) is 2.48. The molecular formula is C17H25NO3. The molecular weight excluding hydrogens is 266 g/mol. The molecule has 1 rings (SSSR count). The quantitative estimate of drug-likeness (QED) is 0.723. The molecule has 1 aromatic rings. The van der Waals surface area contributed by atoms with Gasteiger partial charge in [0.05, 0.1) is 5.41 Å². The van der Waals surface area contributed by atoms with Crippen LogP contribution in [0.15, 0.2) is 24.3 Å². The number of carbonyl (C=O) groups excluding carboxylic acids is 1. The Morgan fingerprint density at radius 1 is 1.14 bits per heavy atom. The highest BCUT2D eigenvalue weighted by Gasteiger charge is 2.30. The van der Waals surface area contributed by atoms with Crippen LogP contribution in [0.25, 0.3) is 0 Å². The van der Waals surface area contributed by atoms with Crippen molar-refractivity contribution >= 4 is 11.9 Å². The fourth-order valence-electron chi connectivity index (χ4n) is 2.40. The number of hydrogen-bond donors (Lipinski definition) is 2. The van der Waals surface area contributed by atoms with Crippen molar-refractivity contribution in [3.8, 4) is 0 Å². The van der Waals surface area contributed by atoms with Gasteiger partial charge in [-0.05, 0) is 44.7 Å². The maximum absolute atomic E-state index is 12.4. The van der Waals surface area contributed by atoms with Gasteiger partial charge in [-0.15, -0.1) is 0 Å². The Bertz CT molecular complexity index is 495. The monoisotopic (exact) mass is 291 g/mol. The predicted molar refractivity (Wildman–Crippen MR) is 83.3 cm³/mol. The molecule has 0 aromatic heterocycles. The van der Waals surface area contributed by atoms with Gasteiger partial charge in [0.25, 0.3) is 0 Å². The molecule has 0 heterocycles. The Morgan fingerprint density at radius 3 is 2.43 bits per heavy atom. The van der Waals surface area contributed by atoms with Crippen LogP contribution >= 0.6 is 0 Å². The van der Waals surface area contributed by atoms with E-state index in [0.29, 0.717) is 13.0 Å². The third-order valence-corrected chi connectivity index (χ3v) is 3.74. The van der Waals surface area contributed by atoms with Crippen LogP contribution in [0.5, 0.6) is 0 Å². The zero-order chi connectivity index (χ0) is 15.9. The van der Waals surface area contributed by atoms with Gasteiger partial charge >= 0.3 is 5.97 Å². The number of rotatable bonds is 8. The molecule has 1 aromatic carbocycles. The van der Waals surface area contributed by atoms with Gasteiger partial charge in [0.2, 0.25) is 5.91 Å². The fourth-order valence-corrected chi connectivity index (χ4v) is 2.40. The summed E-state index contributed by atoms with van der Waals surface area (Å²) in [4.78, 5) is 22.7. The second-order valence-electron chi connectivity index (χ2n) is 5.90. The minimum atomic E-state index is -0.764. The molecule has 0 spiro atoms. The molecule has 0 aliphatic carbocycles. The first-order chi connectivity index (χ1) is 9.85. The molecule has 0 bridgehead atoms. The Kier molecular flexibility index (Phi) is 6.40. The zero-order valence-corrected chi connectivity index (χ0v) is 13.1. The standard InChI is InChI=1S/C17H25NO3/c1-13-9-6-7-10-14(13)17(2,3)16(21)18-12-8-4-5-11-15(19)20/h6-7,9-10H,4-5,8,11-12H2,1-3H3,(H,18,21)(H,19,20). The van der Waals surface area contributed by atoms with Gasteiger partial charge in [-0.25, -0.2) is 0 Å². The largest absolute Gasteiger partial charge is 0.481 e. The fraction of sp³-hybridized carbons (Fsp3) is 0.529. The summed E-state index contributed by atoms with van der Waals surface area (Å²) in [5.74, 6) is -0.755. The highest BCUT2D eigenvalue weighted by atomic mass is 16.4. The van der Waals surface area contributed by atoms with E-state index >= 15 is 0 Å². The van der Waals surface area contributed by atoms with Crippen molar-refractivity contribution in [2.75, 3.05) is 6.54 Å². The van der Waals surface area contributed by atoms with E-state index in [0.717, 1.165) is 24.0 Å². The number of aryl methyl sites for hydroxylation is 1. The van der Waals surface area contributed by atoms with E-state index in [4.69, 9.17) is 5.11 Å². The second-order valence-corrected chi connectivity index (χ2v) is 5.90. The lowest BCUT2D eigenvalue weighted by Crippen LogP contribution is -2.40. The lowest BCUT2D eigenvalue weighted by Gasteiger charge is -2.26. The summed E-state index contributed by atoms with van der Waals surface area (Å²) in [6, 6.07) is 7.91. The van der Waals surface area contributed by atoms with Crippen molar-refractivity contribution in [1.29, 1.82) is 0 Å². The molecule has 0 radical (unpaired) electrons. The summed E-state index contributed by atoms with van der Waals surface area (Å²) in [6.45, 7) is 6.45. The van der Waals surface area contributed by atoms with E-state index in [1.54, 1.807) is 0 Å². The van der Waals surface area contributed by atoms with E-state index in [9.17, 15) is 9.59 Å². The second kappa shape index (κ2) is 7.81. The Balaban J connectivity index is 2.44. The Labute approximate surface area is 126 Å². The van der Waals surface area contributed by atoms with Crippen LogP contribution in [0.1, 0.15) is 50.7 Å². The van der Waals surface area contributed by atoms with Crippen molar-refractivity contribution in [2.45, 2.75) is 51.9 Å². The van der Waals surface area contributed by atoms with Crippen LogP contribution in [-0.4, -0.2) is 23.5 Å². The summed E-state index contributed by atoms with van der Waals surface area (Å²) >= 11 is 0. The topological polar surface area (TPSA) is 66.4 Å². The molecule has 0 atom stereocenters. The third kappa shape index (κ3) is 5.21. The molecule has 2 N–H and O–H groups in total. The maximum atomic E-state index is 12.4. The van der Waals surface area contributed by atoms with E-state index in [2.05, 4.69) is 5.32 Å². The van der Waals surface area contributed by atoms with Crippen LogP contribution in [-0.2, 0) is 15.0 Å². The predicted octanol–water partition coefficient (Wildman–Crippen LogP) is 3.03. The lowest BCUT2D eigenvalue weighted by atomic mass is 9.81. The van der Waals surface area contributed by atoms with Gasteiger partial charge in [-0.3, -0.25) is 9.59 Å². The molecule has 4 nitrogen and oxygen atoms in total. The number of carbonyl (C=O) groups is 2. The van der Waals surface area contributed by atoms with Crippen molar-refractivity contribution in [1.82, 2.24) is 5.32 Å². The molecule has 0 saturated heterocycles. The van der Waals surface area contributed by atoms with Gasteiger partial charge in [0, 0.05) is 13.0 Å². The normalized spacial score (nSPS) is 11.2. The van der Waals surface area contributed by atoms with Crippen molar-refractivity contribution in [3.05, 3.63) is 35.4 Å². The van der Waals surface area contributed by atoms with Crippen LogP contribution in [0.4, 0.5) is 0 Å². The van der Waals surface area contributed by atoms with Crippen LogP contribution in [0.3, 0.4) is 0 Å². The number of amides is 1. The van der Waals surface area contributed by atoms with Gasteiger partial charge in [-0.2, -0.15) is 0 Å². The molecule has 0 aliphatic heterocycles. The first-order valence-electron chi connectivity index (χ1n) is 7.42. The molecule has 0 fully saturated rings. The first kappa shape index (κ1) is 17.2. The molecule has 0 aliphatic rings. The van der Waals surface area contributed by atoms with Crippen LogP contribution in [0.2, 0.25) is 0 Å². The average molecular weight is 291 g/mol. The van der Waals surface area contributed by atoms with Crippen molar-refractivity contribution in [3.63, 3.8) is 0 Å². The smallest absolute Gasteiger partial charge is 0.303 e. The zero-order valence-electron chi connectivity index (χ0n) is 13.1. The number of aliphatic carboxylic acids is 1. The summed E-state index contributed by atoms with van der Waals surface area (Å²) in [5, 5.41) is 11.5. The summed E-state index contributed by atoms with van der Waals surface area (Å²) in [7, 11) is 0. The lowest BCUT2D eigenvalue weighted by molar-refractivity contribution is -0.137. The summed E-state index contributed by atoms with van der Waals surface area (Å²) < 4.78 is 0. The van der Waals surface area contributed by atoms with Gasteiger partial charge < -0.3 is 10.4 Å². The number of nitrogens with one attached hydrogen (secondary N) is 1. The minimum absolute atomic E-state index is 0.00929. The third-order valence-electron chi connectivity index (χ3n) is 3.74. The molecule has 0 saturated carbocycles. The Hall–Kier alpha value is -1.84. The number of unbranched alkanes of at least 4 members (excludes halogenated alkanes) is 2. The number of hydrogen-bond acceptors (Lipinski definition) is 2.